The van der Waals surface area contributed by atoms with Gasteiger partial charge in [0.05, 0.1) is 10.6 Å². The summed E-state index contributed by atoms with van der Waals surface area (Å²) in [6, 6.07) is 12.6. The van der Waals surface area contributed by atoms with Gasteiger partial charge in [0.2, 0.25) is 5.69 Å². The molecular weight excluding hydrogens is 236 g/mol. The summed E-state index contributed by atoms with van der Waals surface area (Å²) in [6.45, 7) is 1.91. The molecule has 0 unspecified atom stereocenters. The highest BCUT2D eigenvalue weighted by atomic mass is 35.5. The van der Waals surface area contributed by atoms with Crippen LogP contribution in [0.4, 0.5) is 0 Å². The maximum absolute atomic E-state index is 12.0. The number of carbonyl (C=O) groups excluding carboxylic acids is 1. The molecule has 0 spiro atoms. The zero-order valence-corrected chi connectivity index (χ0v) is 10.1. The van der Waals surface area contributed by atoms with Gasteiger partial charge in [-0.05, 0) is 18.2 Å². The van der Waals surface area contributed by atoms with Gasteiger partial charge in [-0.2, -0.15) is 0 Å². The van der Waals surface area contributed by atoms with Crippen molar-refractivity contribution in [2.75, 3.05) is 5.43 Å². The molecule has 2 aromatic rings. The van der Waals surface area contributed by atoms with Gasteiger partial charge < -0.3 is 0 Å². The van der Waals surface area contributed by atoms with E-state index in [2.05, 4.69) is 5.43 Å². The number of amides is 1. The first kappa shape index (κ1) is 11.6. The molecule has 0 saturated carbocycles. The minimum Gasteiger partial charge on any atom is -0.263 e. The van der Waals surface area contributed by atoms with Crippen LogP contribution in [0.2, 0.25) is 5.02 Å². The molecule has 1 heterocycles. The van der Waals surface area contributed by atoms with Crippen LogP contribution in [0.15, 0.2) is 48.7 Å². The summed E-state index contributed by atoms with van der Waals surface area (Å²) in [5.41, 5.74) is 4.16. The van der Waals surface area contributed by atoms with Gasteiger partial charge in [0.15, 0.2) is 6.20 Å². The summed E-state index contributed by atoms with van der Waals surface area (Å²) in [5.74, 6) is -0.227. The number of nitrogens with one attached hydrogen (secondary N) is 1. The van der Waals surface area contributed by atoms with Crippen LogP contribution in [-0.4, -0.2) is 5.91 Å². The number of aryl methyl sites for hydroxylation is 1. The number of halogens is 1. The van der Waals surface area contributed by atoms with Gasteiger partial charge in [-0.3, -0.25) is 4.79 Å². The Morgan fingerprint density at radius 1 is 1.18 bits per heavy atom. The first-order valence-corrected chi connectivity index (χ1v) is 5.59. The maximum Gasteiger partial charge on any atom is 0.306 e. The smallest absolute Gasteiger partial charge is 0.263 e. The Kier molecular flexibility index (Phi) is 3.40. The first-order chi connectivity index (χ1) is 8.18. The van der Waals surface area contributed by atoms with Gasteiger partial charge in [-0.1, -0.05) is 28.4 Å². The lowest BCUT2D eigenvalue weighted by Crippen LogP contribution is -2.50. The van der Waals surface area contributed by atoms with Crippen LogP contribution in [0.1, 0.15) is 16.1 Å². The van der Waals surface area contributed by atoms with Crippen LogP contribution in [0, 0.1) is 6.92 Å². The molecule has 0 aliphatic heterocycles. The predicted molar refractivity (Wildman–Crippen MR) is 66.5 cm³/mol. The van der Waals surface area contributed by atoms with Crippen molar-refractivity contribution in [3.8, 4) is 0 Å². The summed E-state index contributed by atoms with van der Waals surface area (Å²) in [4.78, 5) is 12.0. The average molecular weight is 248 g/mol. The number of rotatable bonds is 2. The van der Waals surface area contributed by atoms with E-state index < -0.39 is 0 Å². The van der Waals surface area contributed by atoms with E-state index in [1.807, 2.05) is 25.1 Å². The van der Waals surface area contributed by atoms with Crippen molar-refractivity contribution in [3.63, 3.8) is 0 Å². The molecule has 1 amide bonds. The molecule has 0 fully saturated rings. The molecule has 1 N–H and O–H groups in total. The van der Waals surface area contributed by atoms with Gasteiger partial charge in [-0.15, -0.1) is 5.43 Å². The third kappa shape index (κ3) is 2.63. The predicted octanol–water partition coefficient (Wildman–Crippen LogP) is 2.32. The SMILES string of the molecule is Cc1cccc[n+]1NC(=O)c1ccccc1Cl. The zero-order valence-electron chi connectivity index (χ0n) is 9.35. The summed E-state index contributed by atoms with van der Waals surface area (Å²) in [7, 11) is 0. The number of pyridine rings is 1. The van der Waals surface area contributed by atoms with E-state index in [0.717, 1.165) is 5.69 Å². The van der Waals surface area contributed by atoms with Crippen molar-refractivity contribution in [2.24, 2.45) is 0 Å². The summed E-state index contributed by atoms with van der Waals surface area (Å²) in [6.07, 6.45) is 1.78. The highest BCUT2D eigenvalue weighted by molar-refractivity contribution is 6.34. The topological polar surface area (TPSA) is 33.0 Å². The molecule has 0 saturated heterocycles. The van der Waals surface area contributed by atoms with Gasteiger partial charge in [0.1, 0.15) is 0 Å². The Morgan fingerprint density at radius 2 is 1.88 bits per heavy atom. The average Bonchev–Trinajstić information content (AvgIpc) is 2.32. The molecule has 17 heavy (non-hydrogen) atoms. The third-order valence-corrected chi connectivity index (χ3v) is 2.73. The van der Waals surface area contributed by atoms with Crippen molar-refractivity contribution >= 4 is 17.5 Å². The molecule has 0 aliphatic carbocycles. The lowest BCUT2D eigenvalue weighted by molar-refractivity contribution is -0.647. The molecule has 4 heteroatoms. The molecular formula is C13H12ClN2O+. The monoisotopic (exact) mass is 247 g/mol. The van der Waals surface area contributed by atoms with Gasteiger partial charge in [-0.25, -0.2) is 0 Å². The van der Waals surface area contributed by atoms with Gasteiger partial charge >= 0.3 is 5.91 Å². The van der Waals surface area contributed by atoms with E-state index in [9.17, 15) is 4.79 Å². The van der Waals surface area contributed by atoms with Gasteiger partial charge in [0, 0.05) is 19.1 Å². The highest BCUT2D eigenvalue weighted by Gasteiger charge is 2.14. The fraction of sp³-hybridized carbons (Fsp3) is 0.0769. The van der Waals surface area contributed by atoms with Crippen molar-refractivity contribution in [1.82, 2.24) is 0 Å². The molecule has 0 aliphatic rings. The molecule has 3 nitrogen and oxygen atoms in total. The van der Waals surface area contributed by atoms with E-state index in [1.165, 1.54) is 0 Å². The number of aromatic nitrogens is 1. The quantitative estimate of drug-likeness (QED) is 0.812. The zero-order chi connectivity index (χ0) is 12.3. The number of hydrogen-bond acceptors (Lipinski definition) is 1. The van der Waals surface area contributed by atoms with Crippen LogP contribution in [0.25, 0.3) is 0 Å². The van der Waals surface area contributed by atoms with Crippen molar-refractivity contribution in [2.45, 2.75) is 6.92 Å². The number of benzene rings is 1. The molecule has 1 aromatic carbocycles. The fourth-order valence-corrected chi connectivity index (χ4v) is 1.69. The molecule has 0 radical (unpaired) electrons. The maximum atomic E-state index is 12.0. The second kappa shape index (κ2) is 4.97. The van der Waals surface area contributed by atoms with Crippen molar-refractivity contribution in [1.29, 1.82) is 0 Å². The Bertz CT molecular complexity index is 555. The Balaban J connectivity index is 2.24. The van der Waals surface area contributed by atoms with Crippen LogP contribution in [0.3, 0.4) is 0 Å². The van der Waals surface area contributed by atoms with E-state index >= 15 is 0 Å². The van der Waals surface area contributed by atoms with E-state index in [1.54, 1.807) is 35.1 Å². The molecule has 2 rings (SSSR count). The number of nitrogens with zero attached hydrogens (tertiary/aromatic N) is 1. The molecule has 1 aromatic heterocycles. The normalized spacial score (nSPS) is 10.0. The van der Waals surface area contributed by atoms with Crippen molar-refractivity contribution < 1.29 is 9.47 Å². The largest absolute Gasteiger partial charge is 0.306 e. The van der Waals surface area contributed by atoms with E-state index in [0.29, 0.717) is 10.6 Å². The van der Waals surface area contributed by atoms with Crippen LogP contribution in [0.5, 0.6) is 0 Å². The Morgan fingerprint density at radius 3 is 2.59 bits per heavy atom. The molecule has 0 bridgehead atoms. The summed E-state index contributed by atoms with van der Waals surface area (Å²) < 4.78 is 1.66. The minimum atomic E-state index is -0.227. The molecule has 0 atom stereocenters. The summed E-state index contributed by atoms with van der Waals surface area (Å²) >= 11 is 5.96. The van der Waals surface area contributed by atoms with Gasteiger partial charge in [0.25, 0.3) is 0 Å². The van der Waals surface area contributed by atoms with Crippen LogP contribution in [-0.2, 0) is 0 Å². The third-order valence-electron chi connectivity index (χ3n) is 2.40. The fourth-order valence-electron chi connectivity index (χ4n) is 1.47. The van der Waals surface area contributed by atoms with Crippen LogP contribution < -0.4 is 10.1 Å². The Hall–Kier alpha value is -1.87. The number of carbonyl (C=O) groups is 1. The minimum absolute atomic E-state index is 0.227. The first-order valence-electron chi connectivity index (χ1n) is 5.21. The molecule has 86 valence electrons. The summed E-state index contributed by atoms with van der Waals surface area (Å²) in [5, 5.41) is 0.444. The lowest BCUT2D eigenvalue weighted by atomic mass is 10.2. The van der Waals surface area contributed by atoms with Crippen molar-refractivity contribution in [3.05, 3.63) is 64.9 Å². The number of hydrogen-bond donors (Lipinski definition) is 1. The lowest BCUT2D eigenvalue weighted by Gasteiger charge is -2.03. The highest BCUT2D eigenvalue weighted by Crippen LogP contribution is 2.14. The second-order valence-corrected chi connectivity index (χ2v) is 4.04. The van der Waals surface area contributed by atoms with Crippen LogP contribution >= 0.6 is 11.6 Å². The Labute approximate surface area is 105 Å². The standard InChI is InChI=1S/C13H11ClN2O/c1-10-6-4-5-9-16(10)15-13(17)11-7-2-3-8-12(11)14/h2-9H,1H3/p+1. The second-order valence-electron chi connectivity index (χ2n) is 3.63. The van der Waals surface area contributed by atoms with E-state index in [-0.39, 0.29) is 5.91 Å². The van der Waals surface area contributed by atoms with E-state index in [4.69, 9.17) is 11.6 Å².